The number of hydrogen-bond donors (Lipinski definition) is 0. The Bertz CT molecular complexity index is 1350. The summed E-state index contributed by atoms with van der Waals surface area (Å²) in [4.78, 5) is 36.6. The summed E-state index contributed by atoms with van der Waals surface area (Å²) in [6, 6.07) is 7.54. The third-order valence-corrected chi connectivity index (χ3v) is 7.22. The number of carbonyl (C=O) groups is 2. The van der Waals surface area contributed by atoms with E-state index in [1.54, 1.807) is 33.2 Å². The van der Waals surface area contributed by atoms with E-state index in [0.29, 0.717) is 24.5 Å². The van der Waals surface area contributed by atoms with Crippen LogP contribution in [0.25, 0.3) is 11.0 Å². The lowest BCUT2D eigenvalue weighted by molar-refractivity contribution is -0.154. The number of rotatable bonds is 5. The summed E-state index contributed by atoms with van der Waals surface area (Å²) in [5, 5.41) is 4.50. The Morgan fingerprint density at radius 2 is 2.05 bits per heavy atom. The molecule has 1 atom stereocenters. The van der Waals surface area contributed by atoms with Crippen molar-refractivity contribution < 1.29 is 23.8 Å². The van der Waals surface area contributed by atoms with Gasteiger partial charge in [-0.3, -0.25) is 14.5 Å². The number of ether oxygens (including phenoxy) is 3. The largest absolute Gasteiger partial charge is 0.474 e. The lowest BCUT2D eigenvalue weighted by atomic mass is 9.63. The molecule has 194 valence electrons. The topological polar surface area (TPSA) is 109 Å². The van der Waals surface area contributed by atoms with Crippen LogP contribution in [-0.2, 0) is 24.5 Å². The van der Waals surface area contributed by atoms with Crippen molar-refractivity contribution in [2.24, 2.45) is 0 Å². The molecular weight excluding hydrogens is 474 g/mol. The Kier molecular flexibility index (Phi) is 5.67. The second kappa shape index (κ2) is 8.79. The molecule has 1 spiro atoms. The highest BCUT2D eigenvalue weighted by Gasteiger charge is 2.60. The third-order valence-electron chi connectivity index (χ3n) is 7.22. The van der Waals surface area contributed by atoms with Gasteiger partial charge in [0.2, 0.25) is 11.8 Å². The van der Waals surface area contributed by atoms with E-state index in [0.717, 1.165) is 42.5 Å². The summed E-state index contributed by atoms with van der Waals surface area (Å²) in [6.45, 7) is 5.99. The van der Waals surface area contributed by atoms with Crippen LogP contribution in [0.3, 0.4) is 0 Å². The lowest BCUT2D eigenvalue weighted by Crippen LogP contribution is -2.54. The second-order valence-corrected chi connectivity index (χ2v) is 11.0. The first-order chi connectivity index (χ1) is 17.7. The summed E-state index contributed by atoms with van der Waals surface area (Å²) in [5.74, 6) is 0.426. The standard InChI is InChI=1S/C27H31N5O5/c1-26(2,3)37-23(33)16-31-24-18(7-6-11-28-24)27(25(31)34)13-17(14-27)36-21-10-9-20-19(30-21)15-29-32(20)22-8-4-5-12-35-22/h6-7,9-11,15,17,22H,4-5,8,12-14,16H2,1-3H3. The molecule has 6 rings (SSSR count). The molecule has 3 aromatic heterocycles. The maximum absolute atomic E-state index is 13.6. The van der Waals surface area contributed by atoms with Crippen molar-refractivity contribution in [1.82, 2.24) is 19.7 Å². The van der Waals surface area contributed by atoms with Gasteiger partial charge in [0.25, 0.3) is 0 Å². The molecule has 10 nitrogen and oxygen atoms in total. The monoisotopic (exact) mass is 505 g/mol. The van der Waals surface area contributed by atoms with Crippen molar-refractivity contribution in [3.8, 4) is 5.88 Å². The van der Waals surface area contributed by atoms with E-state index in [-0.39, 0.29) is 24.8 Å². The SMILES string of the molecule is CC(C)(C)OC(=O)CN1C(=O)C2(CC(Oc3ccc4c(cnn4C4CCCCO4)n3)C2)c2cccnc21. The molecule has 1 saturated heterocycles. The Labute approximate surface area is 214 Å². The van der Waals surface area contributed by atoms with Gasteiger partial charge in [-0.2, -0.15) is 5.10 Å². The molecule has 0 radical (unpaired) electrons. The summed E-state index contributed by atoms with van der Waals surface area (Å²) >= 11 is 0. The molecule has 0 N–H and O–H groups in total. The fraction of sp³-hybridized carbons (Fsp3) is 0.519. The average molecular weight is 506 g/mol. The van der Waals surface area contributed by atoms with E-state index in [2.05, 4.69) is 15.1 Å². The molecule has 37 heavy (non-hydrogen) atoms. The molecular formula is C27H31N5O5. The van der Waals surface area contributed by atoms with Crippen LogP contribution in [-0.4, -0.2) is 56.5 Å². The molecule has 1 aliphatic carbocycles. The normalized spacial score (nSPS) is 25.3. The fourth-order valence-electron chi connectivity index (χ4n) is 5.60. The van der Waals surface area contributed by atoms with Crippen molar-refractivity contribution in [3.05, 3.63) is 42.2 Å². The molecule has 5 heterocycles. The molecule has 3 aromatic rings. The predicted molar refractivity (Wildman–Crippen MR) is 134 cm³/mol. The van der Waals surface area contributed by atoms with Gasteiger partial charge in [0.15, 0.2) is 6.23 Å². The highest BCUT2D eigenvalue weighted by molar-refractivity contribution is 6.10. The highest BCUT2D eigenvalue weighted by Crippen LogP contribution is 2.53. The quantitative estimate of drug-likeness (QED) is 0.483. The molecule has 2 aliphatic heterocycles. The molecule has 3 aliphatic rings. The number of pyridine rings is 2. The summed E-state index contributed by atoms with van der Waals surface area (Å²) < 4.78 is 19.4. The van der Waals surface area contributed by atoms with Crippen LogP contribution in [0.5, 0.6) is 5.88 Å². The van der Waals surface area contributed by atoms with E-state index in [9.17, 15) is 9.59 Å². The van der Waals surface area contributed by atoms with E-state index in [4.69, 9.17) is 14.2 Å². The molecule has 1 unspecified atom stereocenters. The van der Waals surface area contributed by atoms with Gasteiger partial charge in [0, 0.05) is 37.3 Å². The number of aromatic nitrogens is 4. The van der Waals surface area contributed by atoms with Gasteiger partial charge >= 0.3 is 5.97 Å². The Hall–Kier alpha value is -3.53. The van der Waals surface area contributed by atoms with E-state index < -0.39 is 17.0 Å². The average Bonchev–Trinajstić information content (AvgIpc) is 3.36. The van der Waals surface area contributed by atoms with Crippen molar-refractivity contribution in [1.29, 1.82) is 0 Å². The number of esters is 1. The maximum atomic E-state index is 13.6. The van der Waals surface area contributed by atoms with Crippen molar-refractivity contribution in [2.75, 3.05) is 18.1 Å². The van der Waals surface area contributed by atoms with Crippen LogP contribution in [0.15, 0.2) is 36.7 Å². The Morgan fingerprint density at radius 3 is 2.81 bits per heavy atom. The fourth-order valence-corrected chi connectivity index (χ4v) is 5.60. The minimum absolute atomic E-state index is 0.0583. The third kappa shape index (κ3) is 4.22. The first-order valence-electron chi connectivity index (χ1n) is 12.9. The van der Waals surface area contributed by atoms with Crippen LogP contribution in [0, 0.1) is 0 Å². The number of fused-ring (bicyclic) bond motifs is 3. The molecule has 2 fully saturated rings. The number of carbonyl (C=O) groups excluding carboxylic acids is 2. The number of hydrogen-bond acceptors (Lipinski definition) is 8. The molecule has 10 heteroatoms. The molecule has 1 amide bonds. The summed E-state index contributed by atoms with van der Waals surface area (Å²) in [7, 11) is 0. The van der Waals surface area contributed by atoms with Gasteiger partial charge in [0.05, 0.1) is 17.1 Å². The minimum atomic E-state index is -0.746. The van der Waals surface area contributed by atoms with E-state index in [1.807, 2.05) is 28.9 Å². The van der Waals surface area contributed by atoms with Gasteiger partial charge in [-0.15, -0.1) is 0 Å². The van der Waals surface area contributed by atoms with Crippen LogP contribution in [0.1, 0.15) is 64.7 Å². The molecule has 0 bridgehead atoms. The predicted octanol–water partition coefficient (Wildman–Crippen LogP) is 3.69. The first-order valence-corrected chi connectivity index (χ1v) is 12.9. The summed E-state index contributed by atoms with van der Waals surface area (Å²) in [5.41, 5.74) is 1.11. The van der Waals surface area contributed by atoms with Crippen LogP contribution >= 0.6 is 0 Å². The zero-order valence-corrected chi connectivity index (χ0v) is 21.3. The number of nitrogens with zero attached hydrogens (tertiary/aromatic N) is 5. The van der Waals surface area contributed by atoms with Crippen LogP contribution in [0.4, 0.5) is 5.82 Å². The zero-order chi connectivity index (χ0) is 25.8. The first kappa shape index (κ1) is 23.8. The Morgan fingerprint density at radius 1 is 1.22 bits per heavy atom. The lowest BCUT2D eigenvalue weighted by Gasteiger charge is -2.43. The van der Waals surface area contributed by atoms with Crippen molar-refractivity contribution in [2.45, 2.75) is 76.2 Å². The minimum Gasteiger partial charge on any atom is -0.474 e. The van der Waals surface area contributed by atoms with Gasteiger partial charge in [0.1, 0.15) is 29.6 Å². The number of amides is 1. The van der Waals surface area contributed by atoms with Crippen molar-refractivity contribution >= 4 is 28.7 Å². The maximum Gasteiger partial charge on any atom is 0.326 e. The van der Waals surface area contributed by atoms with Gasteiger partial charge in [-0.25, -0.2) is 14.6 Å². The van der Waals surface area contributed by atoms with E-state index in [1.165, 1.54) is 4.90 Å². The molecule has 1 saturated carbocycles. The second-order valence-electron chi connectivity index (χ2n) is 11.0. The van der Waals surface area contributed by atoms with Crippen molar-refractivity contribution in [3.63, 3.8) is 0 Å². The Balaban J connectivity index is 1.16. The van der Waals surface area contributed by atoms with Crippen LogP contribution in [0.2, 0.25) is 0 Å². The zero-order valence-electron chi connectivity index (χ0n) is 21.3. The van der Waals surface area contributed by atoms with Crippen LogP contribution < -0.4 is 9.64 Å². The van der Waals surface area contributed by atoms with Gasteiger partial charge in [-0.1, -0.05) is 6.07 Å². The smallest absolute Gasteiger partial charge is 0.326 e. The van der Waals surface area contributed by atoms with E-state index >= 15 is 0 Å². The summed E-state index contributed by atoms with van der Waals surface area (Å²) in [6.07, 6.45) is 7.25. The molecule has 0 aromatic carbocycles. The van der Waals surface area contributed by atoms with Gasteiger partial charge < -0.3 is 14.2 Å². The van der Waals surface area contributed by atoms with Gasteiger partial charge in [-0.05, 0) is 52.2 Å². The highest BCUT2D eigenvalue weighted by atomic mass is 16.6. The number of anilines is 1.